The zero-order chi connectivity index (χ0) is 15.5. The second-order valence-corrected chi connectivity index (χ2v) is 6.75. The lowest BCUT2D eigenvalue weighted by atomic mass is 9.66. The van der Waals surface area contributed by atoms with Crippen LogP contribution in [-0.2, 0) is 4.79 Å². The number of hydrogen-bond donors (Lipinski definition) is 3. The maximum Gasteiger partial charge on any atom is 0.329 e. The van der Waals surface area contributed by atoms with E-state index in [1.165, 1.54) is 6.42 Å². The van der Waals surface area contributed by atoms with E-state index >= 15 is 0 Å². The Balaban J connectivity index is 1.80. The SMILES string of the molecule is CC1CCCC(C)N1NC(=O)NCC1(CC(=O)O)CCC1. The third-order valence-electron chi connectivity index (χ3n) is 4.99. The molecule has 120 valence electrons. The molecule has 0 radical (unpaired) electrons. The lowest BCUT2D eigenvalue weighted by Gasteiger charge is -2.42. The number of piperidine rings is 1. The number of carbonyl (C=O) groups is 2. The Hall–Kier alpha value is -1.30. The molecule has 2 rings (SSSR count). The fourth-order valence-electron chi connectivity index (χ4n) is 3.48. The van der Waals surface area contributed by atoms with Crippen LogP contribution < -0.4 is 10.7 Å². The first kappa shape index (κ1) is 16.1. The fourth-order valence-corrected chi connectivity index (χ4v) is 3.48. The first-order chi connectivity index (χ1) is 9.92. The third kappa shape index (κ3) is 4.09. The summed E-state index contributed by atoms with van der Waals surface area (Å²) in [4.78, 5) is 23.0. The van der Waals surface area contributed by atoms with Crippen LogP contribution >= 0.6 is 0 Å². The molecule has 1 heterocycles. The minimum absolute atomic E-state index is 0.143. The molecule has 0 aromatic carbocycles. The molecule has 2 atom stereocenters. The van der Waals surface area contributed by atoms with E-state index in [2.05, 4.69) is 24.6 Å². The van der Waals surface area contributed by atoms with Gasteiger partial charge in [-0.2, -0.15) is 0 Å². The molecule has 1 saturated heterocycles. The van der Waals surface area contributed by atoms with E-state index in [1.807, 2.05) is 5.01 Å². The van der Waals surface area contributed by atoms with Crippen LogP contribution in [-0.4, -0.2) is 40.7 Å². The van der Waals surface area contributed by atoms with Gasteiger partial charge in [0, 0.05) is 18.6 Å². The quantitative estimate of drug-likeness (QED) is 0.726. The zero-order valence-electron chi connectivity index (χ0n) is 13.0. The summed E-state index contributed by atoms with van der Waals surface area (Å²) < 4.78 is 0. The molecule has 2 amide bonds. The van der Waals surface area contributed by atoms with E-state index in [0.29, 0.717) is 18.6 Å². The Morgan fingerprint density at radius 1 is 1.19 bits per heavy atom. The van der Waals surface area contributed by atoms with Crippen LogP contribution in [0.3, 0.4) is 0 Å². The third-order valence-corrected chi connectivity index (χ3v) is 4.99. The predicted octanol–water partition coefficient (Wildman–Crippen LogP) is 2.11. The summed E-state index contributed by atoms with van der Waals surface area (Å²) in [6, 6.07) is 0.472. The van der Waals surface area contributed by atoms with Crippen LogP contribution in [0.2, 0.25) is 0 Å². The molecule has 2 fully saturated rings. The smallest absolute Gasteiger partial charge is 0.329 e. The first-order valence-electron chi connectivity index (χ1n) is 7.96. The number of nitrogens with zero attached hydrogens (tertiary/aromatic N) is 1. The Labute approximate surface area is 126 Å². The number of carbonyl (C=O) groups excluding carboxylic acids is 1. The second kappa shape index (κ2) is 6.64. The van der Waals surface area contributed by atoms with Crippen molar-refractivity contribution in [2.45, 2.75) is 70.9 Å². The minimum atomic E-state index is -0.782. The number of nitrogens with one attached hydrogen (secondary N) is 2. The van der Waals surface area contributed by atoms with Crippen molar-refractivity contribution in [2.24, 2.45) is 5.41 Å². The normalized spacial score (nSPS) is 28.5. The summed E-state index contributed by atoms with van der Waals surface area (Å²) >= 11 is 0. The molecule has 3 N–H and O–H groups in total. The standard InChI is InChI=1S/C15H27N3O3/c1-11-5-3-6-12(2)18(11)17-14(21)16-10-15(7-4-8-15)9-13(19)20/h11-12H,3-10H2,1-2H3,(H,19,20)(H2,16,17,21). The maximum absolute atomic E-state index is 12.1. The van der Waals surface area contributed by atoms with E-state index in [4.69, 9.17) is 5.11 Å². The average Bonchev–Trinajstić information content (AvgIpc) is 2.36. The molecule has 0 aromatic heterocycles. The molecule has 2 unspecified atom stereocenters. The van der Waals surface area contributed by atoms with Gasteiger partial charge in [-0.3, -0.25) is 10.2 Å². The maximum atomic E-state index is 12.1. The van der Waals surface area contributed by atoms with Crippen molar-refractivity contribution in [1.82, 2.24) is 15.8 Å². The molecule has 1 aliphatic carbocycles. The Morgan fingerprint density at radius 3 is 2.29 bits per heavy atom. The number of carboxylic acids is 1. The number of rotatable bonds is 5. The van der Waals surface area contributed by atoms with Gasteiger partial charge in [-0.15, -0.1) is 0 Å². The minimum Gasteiger partial charge on any atom is -0.481 e. The van der Waals surface area contributed by atoms with Crippen LogP contribution in [0.1, 0.15) is 58.8 Å². The molecule has 2 aliphatic rings. The summed E-state index contributed by atoms with van der Waals surface area (Å²) in [6.07, 6.45) is 6.35. The van der Waals surface area contributed by atoms with Crippen molar-refractivity contribution in [2.75, 3.05) is 6.54 Å². The highest BCUT2D eigenvalue weighted by molar-refractivity contribution is 5.73. The van der Waals surface area contributed by atoms with Crippen molar-refractivity contribution in [1.29, 1.82) is 0 Å². The fraction of sp³-hybridized carbons (Fsp3) is 0.867. The van der Waals surface area contributed by atoms with Crippen LogP contribution in [0.4, 0.5) is 4.79 Å². The molecular formula is C15H27N3O3. The van der Waals surface area contributed by atoms with Gasteiger partial charge in [0.1, 0.15) is 0 Å². The molecule has 1 aliphatic heterocycles. The highest BCUT2D eigenvalue weighted by atomic mass is 16.4. The summed E-state index contributed by atoms with van der Waals surface area (Å²) in [5, 5.41) is 13.9. The van der Waals surface area contributed by atoms with Crippen molar-refractivity contribution < 1.29 is 14.7 Å². The lowest BCUT2D eigenvalue weighted by Crippen LogP contribution is -2.57. The second-order valence-electron chi connectivity index (χ2n) is 6.75. The lowest BCUT2D eigenvalue weighted by molar-refractivity contribution is -0.141. The van der Waals surface area contributed by atoms with E-state index in [1.54, 1.807) is 0 Å². The topological polar surface area (TPSA) is 81.7 Å². The van der Waals surface area contributed by atoms with E-state index in [9.17, 15) is 9.59 Å². The van der Waals surface area contributed by atoms with Gasteiger partial charge in [0.15, 0.2) is 0 Å². The Bertz CT molecular complexity index is 386. The van der Waals surface area contributed by atoms with Gasteiger partial charge >= 0.3 is 12.0 Å². The van der Waals surface area contributed by atoms with Crippen LogP contribution in [0.15, 0.2) is 0 Å². The van der Waals surface area contributed by atoms with Crippen LogP contribution in [0.5, 0.6) is 0 Å². The van der Waals surface area contributed by atoms with Crippen molar-refractivity contribution in [3.8, 4) is 0 Å². The molecule has 0 spiro atoms. The average molecular weight is 297 g/mol. The molecule has 0 aromatic rings. The van der Waals surface area contributed by atoms with E-state index in [-0.39, 0.29) is 17.9 Å². The number of hydrogen-bond acceptors (Lipinski definition) is 3. The monoisotopic (exact) mass is 297 g/mol. The van der Waals surface area contributed by atoms with E-state index in [0.717, 1.165) is 32.1 Å². The first-order valence-corrected chi connectivity index (χ1v) is 7.96. The van der Waals surface area contributed by atoms with Gasteiger partial charge in [0.05, 0.1) is 6.42 Å². The molecular weight excluding hydrogens is 270 g/mol. The van der Waals surface area contributed by atoms with E-state index < -0.39 is 5.97 Å². The summed E-state index contributed by atoms with van der Waals surface area (Å²) in [5.41, 5.74) is 2.69. The highest BCUT2D eigenvalue weighted by Gasteiger charge is 2.39. The van der Waals surface area contributed by atoms with Crippen molar-refractivity contribution in [3.63, 3.8) is 0 Å². The zero-order valence-corrected chi connectivity index (χ0v) is 13.0. The van der Waals surface area contributed by atoms with Crippen LogP contribution in [0.25, 0.3) is 0 Å². The highest BCUT2D eigenvalue weighted by Crippen LogP contribution is 2.43. The Morgan fingerprint density at radius 2 is 1.81 bits per heavy atom. The summed E-state index contributed by atoms with van der Waals surface area (Å²) in [5.74, 6) is -0.782. The number of amides is 2. The van der Waals surface area contributed by atoms with Crippen molar-refractivity contribution in [3.05, 3.63) is 0 Å². The molecule has 1 saturated carbocycles. The molecule has 6 heteroatoms. The summed E-state index contributed by atoms with van der Waals surface area (Å²) in [7, 11) is 0. The number of carboxylic acid groups (broad SMARTS) is 1. The van der Waals surface area contributed by atoms with Gasteiger partial charge in [0.25, 0.3) is 0 Å². The van der Waals surface area contributed by atoms with Crippen LogP contribution in [0, 0.1) is 5.41 Å². The van der Waals surface area contributed by atoms with Gasteiger partial charge in [-0.1, -0.05) is 12.8 Å². The van der Waals surface area contributed by atoms with Gasteiger partial charge in [0.2, 0.25) is 0 Å². The number of hydrazine groups is 1. The van der Waals surface area contributed by atoms with Gasteiger partial charge < -0.3 is 10.4 Å². The predicted molar refractivity (Wildman–Crippen MR) is 79.7 cm³/mol. The van der Waals surface area contributed by atoms with Crippen molar-refractivity contribution >= 4 is 12.0 Å². The molecule has 21 heavy (non-hydrogen) atoms. The molecule has 6 nitrogen and oxygen atoms in total. The van der Waals surface area contributed by atoms with Gasteiger partial charge in [-0.05, 0) is 44.9 Å². The largest absolute Gasteiger partial charge is 0.481 e. The number of urea groups is 1. The number of aliphatic carboxylic acids is 1. The van der Waals surface area contributed by atoms with Gasteiger partial charge in [-0.25, -0.2) is 9.80 Å². The summed E-state index contributed by atoms with van der Waals surface area (Å²) in [6.45, 7) is 4.68. The Kier molecular flexibility index (Phi) is 5.08. The molecule has 0 bridgehead atoms.